The Morgan fingerprint density at radius 3 is 2.08 bits per heavy atom. The third kappa shape index (κ3) is 5.43. The summed E-state index contributed by atoms with van der Waals surface area (Å²) in [5, 5.41) is 8.70. The number of hydrogen-bond acceptors (Lipinski definition) is 3. The van der Waals surface area contributed by atoms with Gasteiger partial charge in [0.2, 0.25) is 5.91 Å². The van der Waals surface area contributed by atoms with Crippen LogP contribution in [0.3, 0.4) is 0 Å². The molecule has 0 aliphatic carbocycles. The van der Waals surface area contributed by atoms with E-state index in [1.807, 2.05) is 45.0 Å². The smallest absolute Gasteiger partial charge is 0.251 e. The Hall–Kier alpha value is -2.82. The summed E-state index contributed by atoms with van der Waals surface area (Å²) in [6.07, 6.45) is 0. The Bertz CT molecular complexity index is 692. The summed E-state index contributed by atoms with van der Waals surface area (Å²) in [6, 6.07) is 14.8. The third-order valence-corrected chi connectivity index (χ3v) is 3.36. The number of aryl methyl sites for hydroxylation is 1. The van der Waals surface area contributed by atoms with Crippen LogP contribution in [0.25, 0.3) is 0 Å². The van der Waals surface area contributed by atoms with Gasteiger partial charge >= 0.3 is 0 Å². The molecule has 0 spiro atoms. The van der Waals surface area contributed by atoms with Gasteiger partial charge in [0.25, 0.3) is 5.91 Å². The lowest BCUT2D eigenvalue weighted by Crippen LogP contribution is -2.30. The van der Waals surface area contributed by atoms with Gasteiger partial charge in [-0.3, -0.25) is 9.59 Å². The molecule has 2 aromatic carbocycles. The molecule has 3 N–H and O–H groups in total. The van der Waals surface area contributed by atoms with Crippen molar-refractivity contribution >= 4 is 23.2 Å². The van der Waals surface area contributed by atoms with Crippen LogP contribution in [0.15, 0.2) is 48.5 Å². The molecule has 126 valence electrons. The van der Waals surface area contributed by atoms with Crippen molar-refractivity contribution in [2.45, 2.75) is 26.8 Å². The highest BCUT2D eigenvalue weighted by Gasteiger charge is 2.07. The van der Waals surface area contributed by atoms with Crippen molar-refractivity contribution in [3.05, 3.63) is 59.7 Å². The zero-order chi connectivity index (χ0) is 17.5. The number of anilines is 2. The quantitative estimate of drug-likeness (QED) is 0.764. The van der Waals surface area contributed by atoms with Crippen molar-refractivity contribution in [1.82, 2.24) is 5.32 Å². The molecule has 2 amide bonds. The molecule has 2 aromatic rings. The van der Waals surface area contributed by atoms with Crippen molar-refractivity contribution in [3.63, 3.8) is 0 Å². The summed E-state index contributed by atoms with van der Waals surface area (Å²) in [5.74, 6) is -0.228. The van der Waals surface area contributed by atoms with Gasteiger partial charge in [0.1, 0.15) is 0 Å². The maximum atomic E-state index is 11.9. The fourth-order valence-electron chi connectivity index (χ4n) is 2.11. The highest BCUT2D eigenvalue weighted by molar-refractivity contribution is 5.95. The highest BCUT2D eigenvalue weighted by atomic mass is 16.2. The molecular weight excluding hydrogens is 302 g/mol. The average molecular weight is 325 g/mol. The Labute approximate surface area is 142 Å². The van der Waals surface area contributed by atoms with Gasteiger partial charge in [0, 0.05) is 23.0 Å². The van der Waals surface area contributed by atoms with E-state index in [4.69, 9.17) is 0 Å². The van der Waals surface area contributed by atoms with Crippen LogP contribution in [-0.4, -0.2) is 24.4 Å². The number of carbonyl (C=O) groups is 2. The first kappa shape index (κ1) is 17.5. The number of amides is 2. The predicted octanol–water partition coefficient (Wildman–Crippen LogP) is 3.18. The van der Waals surface area contributed by atoms with Gasteiger partial charge in [-0.15, -0.1) is 0 Å². The van der Waals surface area contributed by atoms with Crippen molar-refractivity contribution in [2.75, 3.05) is 17.2 Å². The molecular formula is C19H23N3O2. The van der Waals surface area contributed by atoms with E-state index >= 15 is 0 Å². The molecule has 0 aromatic heterocycles. The number of benzene rings is 2. The van der Waals surface area contributed by atoms with Crippen LogP contribution in [0, 0.1) is 6.92 Å². The van der Waals surface area contributed by atoms with Gasteiger partial charge in [-0.2, -0.15) is 0 Å². The lowest BCUT2D eigenvalue weighted by atomic mass is 10.2. The minimum absolute atomic E-state index is 0.0979. The summed E-state index contributed by atoms with van der Waals surface area (Å²) < 4.78 is 0. The lowest BCUT2D eigenvalue weighted by molar-refractivity contribution is -0.114. The minimum Gasteiger partial charge on any atom is -0.376 e. The van der Waals surface area contributed by atoms with Crippen LogP contribution < -0.4 is 16.0 Å². The van der Waals surface area contributed by atoms with Gasteiger partial charge in [0.15, 0.2) is 0 Å². The second kappa shape index (κ2) is 8.15. The molecule has 0 aliphatic heterocycles. The Balaban J connectivity index is 1.84. The molecule has 5 nitrogen and oxygen atoms in total. The maximum absolute atomic E-state index is 11.9. The van der Waals surface area contributed by atoms with Crippen LogP contribution in [0.5, 0.6) is 0 Å². The number of rotatable bonds is 6. The fourth-order valence-corrected chi connectivity index (χ4v) is 2.11. The molecule has 0 unspecified atom stereocenters. The Morgan fingerprint density at radius 2 is 1.50 bits per heavy atom. The first-order chi connectivity index (χ1) is 11.4. The van der Waals surface area contributed by atoms with E-state index < -0.39 is 0 Å². The Morgan fingerprint density at radius 1 is 0.917 bits per heavy atom. The standard InChI is InChI=1S/C19H23N3O2/c1-13(2)21-19(24)15-6-10-16(11-7-15)20-12-18(23)22-17-8-4-14(3)5-9-17/h4-11,13,20H,12H2,1-3H3,(H,21,24)(H,22,23). The van der Waals surface area contributed by atoms with E-state index in [0.717, 1.165) is 16.9 Å². The summed E-state index contributed by atoms with van der Waals surface area (Å²) in [5.41, 5.74) is 3.30. The highest BCUT2D eigenvalue weighted by Crippen LogP contribution is 2.11. The third-order valence-electron chi connectivity index (χ3n) is 3.36. The van der Waals surface area contributed by atoms with Crippen LogP contribution in [0.4, 0.5) is 11.4 Å². The van der Waals surface area contributed by atoms with Gasteiger partial charge in [0.05, 0.1) is 6.54 Å². The predicted molar refractivity (Wildman–Crippen MR) is 97.3 cm³/mol. The summed E-state index contributed by atoms with van der Waals surface area (Å²) >= 11 is 0. The molecule has 0 saturated carbocycles. The topological polar surface area (TPSA) is 70.2 Å². The van der Waals surface area contributed by atoms with E-state index in [9.17, 15) is 9.59 Å². The zero-order valence-corrected chi connectivity index (χ0v) is 14.2. The van der Waals surface area contributed by atoms with Crippen LogP contribution in [-0.2, 0) is 4.79 Å². The van der Waals surface area contributed by atoms with E-state index in [-0.39, 0.29) is 24.4 Å². The summed E-state index contributed by atoms with van der Waals surface area (Å²) in [4.78, 5) is 23.8. The van der Waals surface area contributed by atoms with Crippen molar-refractivity contribution in [2.24, 2.45) is 0 Å². The molecule has 0 saturated heterocycles. The minimum atomic E-state index is -0.125. The summed E-state index contributed by atoms with van der Waals surface area (Å²) in [7, 11) is 0. The maximum Gasteiger partial charge on any atom is 0.251 e. The van der Waals surface area contributed by atoms with Gasteiger partial charge in [-0.1, -0.05) is 17.7 Å². The average Bonchev–Trinajstić information content (AvgIpc) is 2.55. The molecule has 2 rings (SSSR count). The Kier molecular flexibility index (Phi) is 5.95. The van der Waals surface area contributed by atoms with Gasteiger partial charge < -0.3 is 16.0 Å². The molecule has 0 aliphatic rings. The fraction of sp³-hybridized carbons (Fsp3) is 0.263. The number of carbonyl (C=O) groups excluding carboxylic acids is 2. The molecule has 0 atom stereocenters. The van der Waals surface area contributed by atoms with Gasteiger partial charge in [-0.05, 0) is 57.2 Å². The van der Waals surface area contributed by atoms with Crippen molar-refractivity contribution < 1.29 is 9.59 Å². The monoisotopic (exact) mass is 325 g/mol. The van der Waals surface area contributed by atoms with Crippen molar-refractivity contribution in [1.29, 1.82) is 0 Å². The van der Waals surface area contributed by atoms with E-state index in [1.54, 1.807) is 24.3 Å². The molecule has 0 fully saturated rings. The lowest BCUT2D eigenvalue weighted by Gasteiger charge is -2.10. The van der Waals surface area contributed by atoms with E-state index in [1.165, 1.54) is 0 Å². The zero-order valence-electron chi connectivity index (χ0n) is 14.2. The molecule has 5 heteroatoms. The molecule has 0 heterocycles. The van der Waals surface area contributed by atoms with E-state index in [0.29, 0.717) is 5.56 Å². The largest absolute Gasteiger partial charge is 0.376 e. The number of nitrogens with one attached hydrogen (secondary N) is 3. The van der Waals surface area contributed by atoms with E-state index in [2.05, 4.69) is 16.0 Å². The second-order valence-corrected chi connectivity index (χ2v) is 5.97. The summed E-state index contributed by atoms with van der Waals surface area (Å²) in [6.45, 7) is 5.99. The molecule has 0 bridgehead atoms. The van der Waals surface area contributed by atoms with Crippen LogP contribution in [0.2, 0.25) is 0 Å². The first-order valence-electron chi connectivity index (χ1n) is 7.95. The SMILES string of the molecule is Cc1ccc(NC(=O)CNc2ccc(C(=O)NC(C)C)cc2)cc1. The molecule has 0 radical (unpaired) electrons. The van der Waals surface area contributed by atoms with Gasteiger partial charge in [-0.25, -0.2) is 0 Å². The van der Waals surface area contributed by atoms with Crippen LogP contribution in [0.1, 0.15) is 29.8 Å². The molecule has 24 heavy (non-hydrogen) atoms. The number of hydrogen-bond donors (Lipinski definition) is 3. The second-order valence-electron chi connectivity index (χ2n) is 5.97. The normalized spacial score (nSPS) is 10.3. The van der Waals surface area contributed by atoms with Crippen molar-refractivity contribution in [3.8, 4) is 0 Å². The van der Waals surface area contributed by atoms with Crippen LogP contribution >= 0.6 is 0 Å². The first-order valence-corrected chi connectivity index (χ1v) is 7.95.